The van der Waals surface area contributed by atoms with Gasteiger partial charge >= 0.3 is 0 Å². The normalized spacial score (nSPS) is 11.2. The largest absolute Gasteiger partial charge is 0.494 e. The minimum atomic E-state index is -0.523. The number of H-pyrrole nitrogens is 1. The molecular weight excluding hydrogens is 413 g/mol. The average molecular weight is 437 g/mol. The van der Waals surface area contributed by atoms with E-state index in [0.717, 1.165) is 12.8 Å². The van der Waals surface area contributed by atoms with Crippen LogP contribution in [0.25, 0.3) is 27.6 Å². The topological polar surface area (TPSA) is 102 Å². The Morgan fingerprint density at radius 2 is 2.06 bits per heavy atom. The lowest BCUT2D eigenvalue weighted by molar-refractivity contribution is 0.0951. The highest BCUT2D eigenvalue weighted by atomic mass is 19.1. The first-order valence-electron chi connectivity index (χ1n) is 10.6. The van der Waals surface area contributed by atoms with E-state index in [4.69, 9.17) is 4.74 Å². The molecule has 4 rings (SSSR count). The van der Waals surface area contributed by atoms with Crippen LogP contribution < -0.4 is 15.6 Å². The summed E-state index contributed by atoms with van der Waals surface area (Å²) >= 11 is 0. The molecule has 0 saturated carbocycles. The Bertz CT molecular complexity index is 1380. The lowest BCUT2D eigenvalue weighted by atomic mass is 10.2. The highest BCUT2D eigenvalue weighted by Crippen LogP contribution is 2.28. The number of unbranched alkanes of at least 4 members (excludes halogenated alkanes) is 1. The van der Waals surface area contributed by atoms with Crippen LogP contribution >= 0.6 is 0 Å². The summed E-state index contributed by atoms with van der Waals surface area (Å²) in [6.45, 7) is 6.51. The fourth-order valence-corrected chi connectivity index (χ4v) is 3.57. The van der Waals surface area contributed by atoms with Crippen molar-refractivity contribution in [2.75, 3.05) is 13.2 Å². The molecule has 0 spiro atoms. The molecule has 32 heavy (non-hydrogen) atoms. The fourth-order valence-electron chi connectivity index (χ4n) is 3.57. The lowest BCUT2D eigenvalue weighted by Gasteiger charge is -2.11. The molecular formula is C23H24FN5O3. The van der Waals surface area contributed by atoms with Crippen LogP contribution in [0.15, 0.2) is 35.1 Å². The molecule has 0 fully saturated rings. The predicted molar refractivity (Wildman–Crippen MR) is 120 cm³/mol. The van der Waals surface area contributed by atoms with Gasteiger partial charge in [0.2, 0.25) is 0 Å². The SMILES string of the molecule is CCCCOc1ccc(F)c(-n2nc(C)c3c(=O)[nH]c4ccc(C(=O)NCC)nc4c32)c1. The van der Waals surface area contributed by atoms with Crippen molar-refractivity contribution in [3.05, 3.63) is 57.9 Å². The summed E-state index contributed by atoms with van der Waals surface area (Å²) in [6, 6.07) is 7.57. The van der Waals surface area contributed by atoms with Crippen molar-refractivity contribution in [1.82, 2.24) is 25.1 Å². The first kappa shape index (κ1) is 21.5. The van der Waals surface area contributed by atoms with Gasteiger partial charge in [0.25, 0.3) is 11.5 Å². The monoisotopic (exact) mass is 437 g/mol. The van der Waals surface area contributed by atoms with Crippen molar-refractivity contribution in [1.29, 1.82) is 0 Å². The highest BCUT2D eigenvalue weighted by Gasteiger charge is 2.20. The second kappa shape index (κ2) is 8.78. The van der Waals surface area contributed by atoms with Crippen LogP contribution in [0.1, 0.15) is 42.9 Å². The van der Waals surface area contributed by atoms with Gasteiger partial charge in [-0.2, -0.15) is 5.10 Å². The number of rotatable bonds is 7. The minimum Gasteiger partial charge on any atom is -0.494 e. The van der Waals surface area contributed by atoms with Gasteiger partial charge < -0.3 is 15.0 Å². The molecule has 166 valence electrons. The summed E-state index contributed by atoms with van der Waals surface area (Å²) in [6.07, 6.45) is 1.86. The number of amides is 1. The van der Waals surface area contributed by atoms with E-state index in [9.17, 15) is 14.0 Å². The number of nitrogens with zero attached hydrogens (tertiary/aromatic N) is 3. The van der Waals surface area contributed by atoms with Crippen LogP contribution in [0.4, 0.5) is 4.39 Å². The predicted octanol–water partition coefficient (Wildman–Crippen LogP) is 3.64. The van der Waals surface area contributed by atoms with Crippen molar-refractivity contribution < 1.29 is 13.9 Å². The van der Waals surface area contributed by atoms with E-state index in [1.807, 2.05) is 6.92 Å². The third-order valence-electron chi connectivity index (χ3n) is 5.14. The number of aryl methyl sites for hydroxylation is 1. The van der Waals surface area contributed by atoms with E-state index in [2.05, 4.69) is 27.3 Å². The fraction of sp³-hybridized carbons (Fsp3) is 0.304. The number of benzene rings is 1. The second-order valence-corrected chi connectivity index (χ2v) is 7.44. The van der Waals surface area contributed by atoms with Crippen LogP contribution in [-0.4, -0.2) is 38.8 Å². The zero-order chi connectivity index (χ0) is 22.8. The van der Waals surface area contributed by atoms with E-state index < -0.39 is 5.82 Å². The lowest BCUT2D eigenvalue weighted by Crippen LogP contribution is -2.23. The summed E-state index contributed by atoms with van der Waals surface area (Å²) < 4.78 is 22.0. The Hall–Kier alpha value is -3.75. The molecule has 9 heteroatoms. The Morgan fingerprint density at radius 1 is 1.25 bits per heavy atom. The van der Waals surface area contributed by atoms with Gasteiger partial charge in [0.15, 0.2) is 0 Å². The first-order chi connectivity index (χ1) is 15.4. The van der Waals surface area contributed by atoms with Gasteiger partial charge in [-0.1, -0.05) is 13.3 Å². The maximum Gasteiger partial charge on any atom is 0.269 e. The van der Waals surface area contributed by atoms with E-state index in [1.165, 1.54) is 16.8 Å². The maximum atomic E-state index is 14.9. The first-order valence-corrected chi connectivity index (χ1v) is 10.6. The summed E-state index contributed by atoms with van der Waals surface area (Å²) in [5.74, 6) is -0.360. The number of fused-ring (bicyclic) bond motifs is 3. The molecule has 0 aliphatic carbocycles. The molecule has 0 bridgehead atoms. The molecule has 0 aliphatic rings. The van der Waals surface area contributed by atoms with E-state index in [-0.39, 0.29) is 28.2 Å². The second-order valence-electron chi connectivity index (χ2n) is 7.44. The third kappa shape index (κ3) is 3.81. The molecule has 4 aromatic rings. The van der Waals surface area contributed by atoms with Crippen molar-refractivity contribution in [3.63, 3.8) is 0 Å². The van der Waals surface area contributed by atoms with Crippen LogP contribution in [0.3, 0.4) is 0 Å². The van der Waals surface area contributed by atoms with Gasteiger partial charge in [-0.3, -0.25) is 9.59 Å². The van der Waals surface area contributed by atoms with E-state index in [0.29, 0.717) is 41.1 Å². The van der Waals surface area contributed by atoms with Crippen LogP contribution in [0, 0.1) is 12.7 Å². The zero-order valence-corrected chi connectivity index (χ0v) is 18.2. The smallest absolute Gasteiger partial charge is 0.269 e. The quantitative estimate of drug-likeness (QED) is 0.430. The van der Waals surface area contributed by atoms with E-state index in [1.54, 1.807) is 25.1 Å². The number of carbonyl (C=O) groups excluding carboxylic acids is 1. The summed E-state index contributed by atoms with van der Waals surface area (Å²) in [5.41, 5.74) is 1.49. The highest BCUT2D eigenvalue weighted by molar-refractivity contribution is 6.04. The molecule has 1 amide bonds. The van der Waals surface area contributed by atoms with Crippen LogP contribution in [0.2, 0.25) is 0 Å². The molecule has 0 aliphatic heterocycles. The Balaban J connectivity index is 1.97. The van der Waals surface area contributed by atoms with Crippen LogP contribution in [-0.2, 0) is 0 Å². The number of carbonyl (C=O) groups is 1. The number of hydrogen-bond donors (Lipinski definition) is 2. The molecule has 0 radical (unpaired) electrons. The van der Waals surface area contributed by atoms with Gasteiger partial charge in [0, 0.05) is 12.6 Å². The van der Waals surface area contributed by atoms with Crippen molar-refractivity contribution >= 4 is 27.8 Å². The minimum absolute atomic E-state index is 0.134. The molecule has 0 saturated heterocycles. The molecule has 8 nitrogen and oxygen atoms in total. The number of ether oxygens (including phenoxy) is 1. The van der Waals surface area contributed by atoms with Crippen LogP contribution in [0.5, 0.6) is 5.75 Å². The Morgan fingerprint density at radius 3 is 2.81 bits per heavy atom. The van der Waals surface area contributed by atoms with Crippen molar-refractivity contribution in [2.45, 2.75) is 33.6 Å². The average Bonchev–Trinajstić information content (AvgIpc) is 3.13. The number of pyridine rings is 2. The standard InChI is InChI=1S/C23H24FN5O3/c1-4-6-11-32-14-7-8-15(24)18(12-14)29-21-19(13(3)28-29)23(31)27-16-9-10-17(26-20(16)21)22(30)25-5-2/h7-10,12H,4-6,11H2,1-3H3,(H,25,30)(H,27,31). The van der Waals surface area contributed by atoms with E-state index >= 15 is 0 Å². The van der Waals surface area contributed by atoms with Gasteiger partial charge in [-0.15, -0.1) is 0 Å². The summed E-state index contributed by atoms with van der Waals surface area (Å²) in [5, 5.41) is 7.43. The third-order valence-corrected chi connectivity index (χ3v) is 5.14. The number of halogens is 1. The Labute approximate surface area is 183 Å². The Kier molecular flexibility index (Phi) is 5.89. The molecule has 2 N–H and O–H groups in total. The van der Waals surface area contributed by atoms with Gasteiger partial charge in [0.05, 0.1) is 23.2 Å². The maximum absolute atomic E-state index is 14.9. The van der Waals surface area contributed by atoms with Crippen molar-refractivity contribution in [3.8, 4) is 11.4 Å². The summed E-state index contributed by atoms with van der Waals surface area (Å²) in [4.78, 5) is 32.4. The number of hydrogen-bond acceptors (Lipinski definition) is 5. The summed E-state index contributed by atoms with van der Waals surface area (Å²) in [7, 11) is 0. The van der Waals surface area contributed by atoms with Gasteiger partial charge in [-0.05, 0) is 44.5 Å². The molecule has 3 aromatic heterocycles. The molecule has 1 aromatic carbocycles. The molecule has 3 heterocycles. The number of nitrogens with one attached hydrogen (secondary N) is 2. The van der Waals surface area contributed by atoms with Gasteiger partial charge in [-0.25, -0.2) is 14.1 Å². The number of aromatic amines is 1. The van der Waals surface area contributed by atoms with Crippen molar-refractivity contribution in [2.24, 2.45) is 0 Å². The molecule has 0 unspecified atom stereocenters. The zero-order valence-electron chi connectivity index (χ0n) is 18.2. The number of aromatic nitrogens is 4. The molecule has 0 atom stereocenters. The van der Waals surface area contributed by atoms with Gasteiger partial charge in [0.1, 0.15) is 34.0 Å².